The molecule has 6 rings (SSSR count). The Morgan fingerprint density at radius 1 is 0.636 bits per heavy atom. The van der Waals surface area contributed by atoms with Crippen molar-refractivity contribution < 1.29 is 56.4 Å². The number of methoxy groups -OCH3 is 4. The van der Waals surface area contributed by atoms with Crippen LogP contribution in [-0.2, 0) is 13.6 Å². The fraction of sp³-hybridized carbons (Fsp3) is 0.441. The molecule has 2 aliphatic rings. The van der Waals surface area contributed by atoms with E-state index in [0.717, 1.165) is 33.8 Å². The summed E-state index contributed by atoms with van der Waals surface area (Å²) in [6.07, 6.45) is 5.91. The van der Waals surface area contributed by atoms with E-state index in [-0.39, 0.29) is 87.8 Å². The lowest BCUT2D eigenvalue weighted by atomic mass is 10.0. The second-order valence-electron chi connectivity index (χ2n) is 22.3. The van der Waals surface area contributed by atoms with Crippen LogP contribution in [0.4, 0.5) is 16.2 Å². The van der Waals surface area contributed by atoms with Crippen LogP contribution in [0, 0.1) is 0 Å². The molecule has 0 bridgehead atoms. The minimum Gasteiger partial charge on any atom is -0.497 e. The van der Waals surface area contributed by atoms with Crippen LogP contribution in [0.3, 0.4) is 0 Å². The van der Waals surface area contributed by atoms with Gasteiger partial charge >= 0.3 is 6.09 Å². The molecule has 0 saturated carbocycles. The van der Waals surface area contributed by atoms with Crippen LogP contribution < -0.4 is 39.5 Å². The van der Waals surface area contributed by atoms with Crippen molar-refractivity contribution in [3.8, 4) is 34.5 Å². The Balaban J connectivity index is 1.20. The molecule has 2 aliphatic heterocycles. The van der Waals surface area contributed by atoms with Gasteiger partial charge in [-0.1, -0.05) is 78.5 Å². The minimum atomic E-state index is -2.22. The number of nitrogens with zero attached hydrogens (tertiary/aromatic N) is 2. The average Bonchev–Trinajstić information content (AvgIpc) is 4.06. The molecule has 77 heavy (non-hydrogen) atoms. The quantitative estimate of drug-likeness (QED) is 0.0310. The largest absolute Gasteiger partial charge is 0.497 e. The van der Waals surface area contributed by atoms with Gasteiger partial charge in [0.15, 0.2) is 39.6 Å². The molecule has 3 amide bonds. The van der Waals surface area contributed by atoms with E-state index >= 15 is 0 Å². The van der Waals surface area contributed by atoms with Crippen molar-refractivity contribution in [2.24, 2.45) is 0 Å². The Morgan fingerprint density at radius 3 is 1.48 bits per heavy atom. The van der Waals surface area contributed by atoms with Gasteiger partial charge in [-0.15, -0.1) is 0 Å². The van der Waals surface area contributed by atoms with Crippen LogP contribution in [0.5, 0.6) is 34.5 Å². The summed E-state index contributed by atoms with van der Waals surface area (Å²) in [5.41, 5.74) is 11.3. The van der Waals surface area contributed by atoms with E-state index in [1.165, 1.54) is 20.3 Å². The summed E-state index contributed by atoms with van der Waals surface area (Å²) in [7, 11) is 1.86. The Morgan fingerprint density at radius 2 is 1.06 bits per heavy atom. The molecule has 4 aromatic carbocycles. The van der Waals surface area contributed by atoms with Gasteiger partial charge in [-0.05, 0) is 108 Å². The van der Waals surface area contributed by atoms with Crippen molar-refractivity contribution in [2.45, 2.75) is 109 Å². The lowest BCUT2D eigenvalue weighted by molar-refractivity contribution is 0.0732. The molecule has 416 valence electrons. The second kappa shape index (κ2) is 25.2. The molecule has 2 heterocycles. The fourth-order valence-corrected chi connectivity index (χ4v) is 10.3. The van der Waals surface area contributed by atoms with Crippen LogP contribution in [0.1, 0.15) is 92.6 Å². The van der Waals surface area contributed by atoms with E-state index in [9.17, 15) is 14.4 Å². The highest BCUT2D eigenvalue weighted by molar-refractivity contribution is 6.74. The number of ether oxygens (including phenoxy) is 7. The van der Waals surface area contributed by atoms with Gasteiger partial charge in [0.1, 0.15) is 18.1 Å². The maximum Gasteiger partial charge on any atom is 0.411 e. The number of rotatable bonds is 23. The first-order valence-corrected chi connectivity index (χ1v) is 31.8. The van der Waals surface area contributed by atoms with Crippen molar-refractivity contribution in [2.75, 3.05) is 72.5 Å². The molecule has 0 radical (unpaired) electrons. The molecule has 3 N–H and O–H groups in total. The molecule has 0 aliphatic carbocycles. The minimum absolute atomic E-state index is 0.0151. The van der Waals surface area contributed by atoms with Gasteiger partial charge in [0.05, 0.1) is 83.8 Å². The summed E-state index contributed by atoms with van der Waals surface area (Å²) in [6, 6.07) is 21.2. The van der Waals surface area contributed by atoms with Crippen LogP contribution in [-0.4, -0.2) is 118 Å². The maximum atomic E-state index is 14.9. The summed E-state index contributed by atoms with van der Waals surface area (Å²) in [5.74, 6) is 1.99. The monoisotopic (exact) mass is 1090 g/mol. The van der Waals surface area contributed by atoms with E-state index in [2.05, 4.69) is 79.6 Å². The van der Waals surface area contributed by atoms with Crippen LogP contribution >= 0.6 is 0 Å². The topological polar surface area (TPSA) is 179 Å². The lowest BCUT2D eigenvalue weighted by Crippen LogP contribution is -2.45. The fourth-order valence-electron chi connectivity index (χ4n) is 8.25. The first kappa shape index (κ1) is 59.5. The number of nitrogens with one attached hydrogen (secondary N) is 1. The van der Waals surface area contributed by atoms with E-state index in [1.54, 1.807) is 48.3 Å². The van der Waals surface area contributed by atoms with Crippen molar-refractivity contribution in [3.05, 3.63) is 120 Å². The first-order chi connectivity index (χ1) is 36.3. The summed E-state index contributed by atoms with van der Waals surface area (Å²) < 4.78 is 53.5. The average molecular weight is 1090 g/mol. The van der Waals surface area contributed by atoms with Crippen LogP contribution in [0.15, 0.2) is 97.9 Å². The van der Waals surface area contributed by atoms with Crippen molar-refractivity contribution in [3.63, 3.8) is 0 Å². The molecule has 0 spiro atoms. The molecular formula is C59H80N4O12Si2. The van der Waals surface area contributed by atoms with Gasteiger partial charge in [0.25, 0.3) is 11.8 Å². The van der Waals surface area contributed by atoms with Crippen molar-refractivity contribution in [1.82, 2.24) is 9.80 Å². The number of hydrogen-bond donors (Lipinski definition) is 2. The zero-order chi connectivity index (χ0) is 56.5. The maximum absolute atomic E-state index is 14.9. The van der Waals surface area contributed by atoms with E-state index < -0.39 is 22.7 Å². The molecule has 0 saturated heterocycles. The van der Waals surface area contributed by atoms with Gasteiger partial charge in [-0.25, -0.2) is 4.79 Å². The standard InChI is InChI=1S/C59H80N4O12Si2/c1-16-26-73-57(66)61-50-34-54(52(70-11)32-48(50)56(65)63-36-42(40-20-24-46(68-9)25-21-40)30-44(63)38-75-77(14,15)59(5,6)7)72-28-17-27-71-53-33-49(60)47(31-51(53)69-10)55(64)62-35-41(39-18-22-45(67-8)23-19-39)29-43(62)37-74-76(12,13)58(2,3)4/h16,18-25,31-36,43-44H,1,17,26-30,37-38,60H2,2-15H3,(H,61,66)/t43-,44-/m0/s1. The van der Waals surface area contributed by atoms with Crippen LogP contribution in [0.25, 0.3) is 11.1 Å². The number of anilines is 2. The molecule has 18 heteroatoms. The second-order valence-corrected chi connectivity index (χ2v) is 31.9. The zero-order valence-corrected chi connectivity index (χ0v) is 49.5. The third kappa shape index (κ3) is 14.5. The number of amides is 3. The highest BCUT2D eigenvalue weighted by atomic mass is 28.4. The molecule has 0 aromatic heterocycles. The van der Waals surface area contributed by atoms with E-state index in [4.69, 9.17) is 47.7 Å². The van der Waals surface area contributed by atoms with Gasteiger partial charge in [-0.2, -0.15) is 0 Å². The smallest absolute Gasteiger partial charge is 0.411 e. The summed E-state index contributed by atoms with van der Waals surface area (Å²) in [4.78, 5) is 46.0. The number of nitrogen functional groups attached to an aromatic ring is 1. The Hall–Kier alpha value is -6.74. The number of hydrogen-bond acceptors (Lipinski definition) is 13. The number of benzene rings is 4. The normalized spacial score (nSPS) is 15.8. The molecular weight excluding hydrogens is 1010 g/mol. The molecule has 16 nitrogen and oxygen atoms in total. The Kier molecular flexibility index (Phi) is 19.4. The molecule has 2 atom stereocenters. The summed E-state index contributed by atoms with van der Waals surface area (Å²) >= 11 is 0. The third-order valence-corrected chi connectivity index (χ3v) is 24.0. The zero-order valence-electron chi connectivity index (χ0n) is 47.5. The third-order valence-electron chi connectivity index (χ3n) is 15.0. The number of nitrogens with two attached hydrogens (primary N) is 1. The van der Waals surface area contributed by atoms with Gasteiger partial charge < -0.3 is 57.5 Å². The first-order valence-electron chi connectivity index (χ1n) is 26.0. The van der Waals surface area contributed by atoms with E-state index in [1.807, 2.05) is 60.9 Å². The highest BCUT2D eigenvalue weighted by Gasteiger charge is 2.42. The molecule has 0 fully saturated rings. The number of carbonyl (C=O) groups is 3. The predicted octanol–water partition coefficient (Wildman–Crippen LogP) is 12.4. The SMILES string of the molecule is C=CCOC(=O)Nc1cc(OCCCOc2cc(N)c(C(=O)N3C=C(c4ccc(OC)cc4)C[C@H]3CO[Si](C)(C)C(C)(C)C)cc2OC)c(OC)cc1C(=O)N1C=C(c2ccc(OC)cc2)C[C@H]1CO[Si](C)(C)C(C)(C)C. The van der Waals surface area contributed by atoms with Gasteiger partial charge in [0.2, 0.25) is 0 Å². The van der Waals surface area contributed by atoms with Gasteiger partial charge in [-0.3, -0.25) is 14.9 Å². The molecule has 0 unspecified atom stereocenters. The summed E-state index contributed by atoms with van der Waals surface area (Å²) in [5, 5.41) is 2.68. The summed E-state index contributed by atoms with van der Waals surface area (Å²) in [6.45, 7) is 26.5. The highest BCUT2D eigenvalue weighted by Crippen LogP contribution is 2.43. The van der Waals surface area contributed by atoms with Crippen molar-refractivity contribution in [1.29, 1.82) is 0 Å². The van der Waals surface area contributed by atoms with E-state index in [0.29, 0.717) is 44.0 Å². The van der Waals surface area contributed by atoms with Crippen LogP contribution in [0.2, 0.25) is 36.3 Å². The Bertz CT molecular complexity index is 2800. The van der Waals surface area contributed by atoms with Gasteiger partial charge in [0, 0.05) is 36.6 Å². The number of carbonyl (C=O) groups excluding carboxylic acids is 3. The van der Waals surface area contributed by atoms with Crippen molar-refractivity contribution >= 4 is 57.1 Å². The molecule has 4 aromatic rings. The predicted molar refractivity (Wildman–Crippen MR) is 309 cm³/mol. The lowest BCUT2D eigenvalue weighted by Gasteiger charge is -2.38. The Labute approximate surface area is 457 Å².